The van der Waals surface area contributed by atoms with E-state index in [1.54, 1.807) is 12.1 Å². The molecule has 1 aromatic carbocycles. The quantitative estimate of drug-likeness (QED) is 0.878. The number of hydrogen-bond donors (Lipinski definition) is 1. The molecule has 1 aromatic heterocycles. The second kappa shape index (κ2) is 4.64. The highest BCUT2D eigenvalue weighted by Crippen LogP contribution is 2.50. The third kappa shape index (κ3) is 2.06. The predicted molar refractivity (Wildman–Crippen MR) is 72.3 cm³/mol. The van der Waals surface area contributed by atoms with Gasteiger partial charge in [0, 0.05) is 10.8 Å². The average Bonchev–Trinajstić information content (AvgIpc) is 3.04. The molecule has 102 valence electrons. The van der Waals surface area contributed by atoms with Crippen LogP contribution in [0.2, 0.25) is 0 Å². The van der Waals surface area contributed by atoms with Crippen LogP contribution in [0.4, 0.5) is 4.39 Å². The smallest absolute Gasteiger partial charge is 0.134 e. The molecule has 1 heterocycles. The molecule has 2 aromatic rings. The Kier molecular flexibility index (Phi) is 3.09. The number of aliphatic hydroxyl groups excluding tert-OH is 1. The highest BCUT2D eigenvalue weighted by atomic mass is 19.1. The molecule has 0 radical (unpaired) electrons. The van der Waals surface area contributed by atoms with Crippen molar-refractivity contribution < 1.29 is 13.9 Å². The molecule has 0 spiro atoms. The van der Waals surface area contributed by atoms with Crippen molar-refractivity contribution in [2.45, 2.75) is 45.1 Å². The molecule has 1 N–H and O–H groups in total. The Hall–Kier alpha value is -1.35. The van der Waals surface area contributed by atoms with Crippen LogP contribution < -0.4 is 0 Å². The number of hydrogen-bond acceptors (Lipinski definition) is 2. The first-order valence-electron chi connectivity index (χ1n) is 7.02. The molecule has 0 aliphatic heterocycles. The maximum atomic E-state index is 13.2. The Morgan fingerprint density at radius 2 is 2.05 bits per heavy atom. The third-order valence-corrected chi connectivity index (χ3v) is 4.65. The molecule has 19 heavy (non-hydrogen) atoms. The van der Waals surface area contributed by atoms with Gasteiger partial charge in [0.05, 0.1) is 0 Å². The molecule has 1 saturated carbocycles. The number of fused-ring (bicyclic) bond motifs is 1. The lowest BCUT2D eigenvalue weighted by Gasteiger charge is -2.31. The van der Waals surface area contributed by atoms with Gasteiger partial charge in [-0.25, -0.2) is 4.39 Å². The van der Waals surface area contributed by atoms with Crippen molar-refractivity contribution in [1.82, 2.24) is 0 Å². The summed E-state index contributed by atoms with van der Waals surface area (Å²) in [6, 6.07) is 6.22. The maximum absolute atomic E-state index is 13.2. The second-order valence-corrected chi connectivity index (χ2v) is 5.66. The summed E-state index contributed by atoms with van der Waals surface area (Å²) in [5.74, 6) is 0.296. The zero-order chi connectivity index (χ0) is 13.5. The van der Waals surface area contributed by atoms with Crippen molar-refractivity contribution in [3.8, 4) is 0 Å². The van der Waals surface area contributed by atoms with Gasteiger partial charge < -0.3 is 9.52 Å². The third-order valence-electron chi connectivity index (χ3n) is 4.65. The average molecular weight is 262 g/mol. The van der Waals surface area contributed by atoms with E-state index in [-0.39, 0.29) is 11.2 Å². The lowest BCUT2D eigenvalue weighted by atomic mass is 9.77. The van der Waals surface area contributed by atoms with Crippen LogP contribution in [0.5, 0.6) is 0 Å². The lowest BCUT2D eigenvalue weighted by molar-refractivity contribution is 0.00878. The fraction of sp³-hybridized carbons (Fsp3) is 0.500. The van der Waals surface area contributed by atoms with E-state index < -0.39 is 6.10 Å². The van der Waals surface area contributed by atoms with Gasteiger partial charge in [-0.05, 0) is 43.5 Å². The molecule has 1 atom stereocenters. The number of halogens is 1. The largest absolute Gasteiger partial charge is 0.458 e. The first-order valence-corrected chi connectivity index (χ1v) is 7.02. The Morgan fingerprint density at radius 3 is 2.74 bits per heavy atom. The molecule has 1 unspecified atom stereocenters. The zero-order valence-electron chi connectivity index (χ0n) is 11.2. The minimum Gasteiger partial charge on any atom is -0.458 e. The van der Waals surface area contributed by atoms with Crippen LogP contribution in [-0.2, 0) is 0 Å². The number of rotatable bonds is 3. The van der Waals surface area contributed by atoms with Gasteiger partial charge in [0.2, 0.25) is 0 Å². The standard InChI is InChI=1S/C16H19FO2/c1-2-16(7-3-4-8-16)15(18)14-10-11-9-12(17)5-6-13(11)19-14/h5-6,9-10,15,18H,2-4,7-8H2,1H3. The molecule has 0 saturated heterocycles. The zero-order valence-corrected chi connectivity index (χ0v) is 11.2. The molecule has 1 fully saturated rings. The van der Waals surface area contributed by atoms with Gasteiger partial charge in [0.15, 0.2) is 0 Å². The maximum Gasteiger partial charge on any atom is 0.134 e. The van der Waals surface area contributed by atoms with Gasteiger partial charge >= 0.3 is 0 Å². The van der Waals surface area contributed by atoms with E-state index in [0.29, 0.717) is 11.3 Å². The molecule has 1 aliphatic carbocycles. The number of furan rings is 1. The van der Waals surface area contributed by atoms with E-state index in [9.17, 15) is 9.50 Å². The summed E-state index contributed by atoms with van der Waals surface area (Å²) in [6.45, 7) is 2.12. The summed E-state index contributed by atoms with van der Waals surface area (Å²) in [7, 11) is 0. The first-order chi connectivity index (χ1) is 9.14. The summed E-state index contributed by atoms with van der Waals surface area (Å²) in [4.78, 5) is 0. The van der Waals surface area contributed by atoms with Gasteiger partial charge in [-0.1, -0.05) is 19.8 Å². The van der Waals surface area contributed by atoms with E-state index in [1.807, 2.05) is 0 Å². The summed E-state index contributed by atoms with van der Waals surface area (Å²) in [6.07, 6.45) is 4.76. The van der Waals surface area contributed by atoms with Crippen molar-refractivity contribution in [3.05, 3.63) is 35.8 Å². The van der Waals surface area contributed by atoms with Crippen LogP contribution in [0.3, 0.4) is 0 Å². The molecule has 0 bridgehead atoms. The molecule has 0 amide bonds. The molecule has 1 aliphatic rings. The number of benzene rings is 1. The Bertz CT molecular complexity index is 581. The van der Waals surface area contributed by atoms with Gasteiger partial charge in [-0.15, -0.1) is 0 Å². The minimum atomic E-state index is -0.588. The van der Waals surface area contributed by atoms with Gasteiger partial charge in [-0.3, -0.25) is 0 Å². The molecular weight excluding hydrogens is 243 g/mol. The van der Waals surface area contributed by atoms with Gasteiger partial charge in [0.25, 0.3) is 0 Å². The fourth-order valence-electron chi connectivity index (χ4n) is 3.37. The highest BCUT2D eigenvalue weighted by molar-refractivity contribution is 5.78. The van der Waals surface area contributed by atoms with E-state index >= 15 is 0 Å². The monoisotopic (exact) mass is 262 g/mol. The molecular formula is C16H19FO2. The molecule has 2 nitrogen and oxygen atoms in total. The summed E-state index contributed by atoms with van der Waals surface area (Å²) >= 11 is 0. The fourth-order valence-corrected chi connectivity index (χ4v) is 3.37. The van der Waals surface area contributed by atoms with Crippen LogP contribution in [0.1, 0.15) is 50.9 Å². The van der Waals surface area contributed by atoms with Crippen molar-refractivity contribution in [2.24, 2.45) is 5.41 Å². The van der Waals surface area contributed by atoms with Crippen LogP contribution in [0, 0.1) is 11.2 Å². The van der Waals surface area contributed by atoms with E-state index in [1.165, 1.54) is 25.0 Å². The topological polar surface area (TPSA) is 33.4 Å². The van der Waals surface area contributed by atoms with Crippen LogP contribution in [-0.4, -0.2) is 5.11 Å². The van der Waals surface area contributed by atoms with Crippen LogP contribution in [0.25, 0.3) is 11.0 Å². The second-order valence-electron chi connectivity index (χ2n) is 5.66. The summed E-state index contributed by atoms with van der Waals surface area (Å²) in [5.41, 5.74) is 0.576. The first kappa shape index (κ1) is 12.7. The highest BCUT2D eigenvalue weighted by Gasteiger charge is 2.41. The van der Waals surface area contributed by atoms with E-state index in [0.717, 1.165) is 24.6 Å². The van der Waals surface area contributed by atoms with Gasteiger partial charge in [-0.2, -0.15) is 0 Å². The van der Waals surface area contributed by atoms with Crippen molar-refractivity contribution in [1.29, 1.82) is 0 Å². The Labute approximate surface area is 112 Å². The molecule has 3 rings (SSSR count). The van der Waals surface area contributed by atoms with E-state index in [4.69, 9.17) is 4.42 Å². The minimum absolute atomic E-state index is 0.0631. The molecule has 3 heteroatoms. The predicted octanol–water partition coefficient (Wildman–Crippen LogP) is 4.58. The lowest BCUT2D eigenvalue weighted by Crippen LogP contribution is -2.24. The summed E-state index contributed by atoms with van der Waals surface area (Å²) < 4.78 is 18.9. The van der Waals surface area contributed by atoms with Crippen LogP contribution in [0.15, 0.2) is 28.7 Å². The van der Waals surface area contributed by atoms with Crippen molar-refractivity contribution in [3.63, 3.8) is 0 Å². The Morgan fingerprint density at radius 1 is 1.32 bits per heavy atom. The van der Waals surface area contributed by atoms with Crippen molar-refractivity contribution in [2.75, 3.05) is 0 Å². The van der Waals surface area contributed by atoms with Crippen molar-refractivity contribution >= 4 is 11.0 Å². The SMILES string of the molecule is CCC1(C(O)c2cc3cc(F)ccc3o2)CCCC1. The number of aliphatic hydroxyl groups is 1. The van der Waals surface area contributed by atoms with E-state index in [2.05, 4.69) is 6.92 Å². The normalized spacial score (nSPS) is 19.9. The Balaban J connectivity index is 1.99. The summed E-state index contributed by atoms with van der Waals surface area (Å²) in [5, 5.41) is 11.4. The van der Waals surface area contributed by atoms with Gasteiger partial charge in [0.1, 0.15) is 23.3 Å². The van der Waals surface area contributed by atoms with Crippen LogP contribution >= 0.6 is 0 Å².